The number of hydrogen-bond donors (Lipinski definition) is 1. The molecule has 0 spiro atoms. The lowest BCUT2D eigenvalue weighted by molar-refractivity contribution is 0.404. The molecule has 0 radical (unpaired) electrons. The van der Waals surface area contributed by atoms with Gasteiger partial charge in [-0.25, -0.2) is 0 Å². The highest BCUT2D eigenvalue weighted by Crippen LogP contribution is 2.36. The van der Waals surface area contributed by atoms with Crippen molar-refractivity contribution in [2.75, 3.05) is 13.4 Å². The molecule has 0 amide bonds. The Morgan fingerprint density at radius 3 is 2.57 bits per heavy atom. The number of halogens is 1. The maximum atomic E-state index is 6.06. The molecule has 1 unspecified atom stereocenters. The Kier molecular flexibility index (Phi) is 4.11. The molecule has 2 N–H and O–H groups in total. The Bertz CT molecular complexity index is 328. The van der Waals surface area contributed by atoms with E-state index in [2.05, 4.69) is 0 Å². The first-order valence-corrected chi connectivity index (χ1v) is 5.87. The van der Waals surface area contributed by atoms with Gasteiger partial charge in [0.1, 0.15) is 0 Å². The number of ether oxygens (including phenoxy) is 1. The molecule has 1 aromatic carbocycles. The Hall–Kier alpha value is -0.380. The first kappa shape index (κ1) is 11.7. The molecule has 0 aromatic heterocycles. The van der Waals surface area contributed by atoms with Gasteiger partial charge in [0.25, 0.3) is 0 Å². The van der Waals surface area contributed by atoms with Gasteiger partial charge >= 0.3 is 0 Å². The van der Waals surface area contributed by atoms with Crippen molar-refractivity contribution in [2.45, 2.75) is 17.9 Å². The summed E-state index contributed by atoms with van der Waals surface area (Å²) in [6.07, 6.45) is 1.99. The molecule has 0 aliphatic heterocycles. The molecule has 0 fully saturated rings. The second-order valence-corrected chi connectivity index (χ2v) is 4.28. The minimum atomic E-state index is -0.00990. The second-order valence-electron chi connectivity index (χ2n) is 3.03. The monoisotopic (exact) mass is 231 g/mol. The lowest BCUT2D eigenvalue weighted by atomic mass is 10.1. The summed E-state index contributed by atoms with van der Waals surface area (Å²) < 4.78 is 5.21. The van der Waals surface area contributed by atoms with Gasteiger partial charge in [0.05, 0.1) is 17.0 Å². The Morgan fingerprint density at radius 2 is 2.14 bits per heavy atom. The first-order valence-electron chi connectivity index (χ1n) is 4.27. The molecule has 2 nitrogen and oxygen atoms in total. The van der Waals surface area contributed by atoms with Crippen molar-refractivity contribution in [1.82, 2.24) is 0 Å². The third-order valence-corrected chi connectivity index (χ3v) is 3.01. The zero-order valence-electron chi connectivity index (χ0n) is 8.50. The van der Waals surface area contributed by atoms with Crippen LogP contribution in [0.4, 0.5) is 0 Å². The summed E-state index contributed by atoms with van der Waals surface area (Å²) in [5, 5.41) is 0.617. The summed E-state index contributed by atoms with van der Waals surface area (Å²) in [7, 11) is 1.62. The summed E-state index contributed by atoms with van der Waals surface area (Å²) in [5.41, 5.74) is 6.82. The Balaban J connectivity index is 3.24. The molecular formula is C10H14ClNOS. The van der Waals surface area contributed by atoms with Gasteiger partial charge in [0.2, 0.25) is 0 Å². The fourth-order valence-corrected chi connectivity index (χ4v) is 2.19. The third kappa shape index (κ3) is 2.35. The highest BCUT2D eigenvalue weighted by atomic mass is 35.5. The molecule has 4 heteroatoms. The van der Waals surface area contributed by atoms with Crippen LogP contribution in [-0.4, -0.2) is 13.4 Å². The van der Waals surface area contributed by atoms with Crippen LogP contribution >= 0.6 is 23.4 Å². The van der Waals surface area contributed by atoms with Crippen molar-refractivity contribution in [3.05, 3.63) is 22.7 Å². The van der Waals surface area contributed by atoms with Crippen LogP contribution in [0.5, 0.6) is 5.75 Å². The minimum Gasteiger partial charge on any atom is -0.494 e. The molecule has 78 valence electrons. The fraction of sp³-hybridized carbons (Fsp3) is 0.400. The van der Waals surface area contributed by atoms with Gasteiger partial charge in [0, 0.05) is 6.04 Å². The number of hydrogen-bond acceptors (Lipinski definition) is 3. The summed E-state index contributed by atoms with van der Waals surface area (Å²) >= 11 is 7.66. The molecule has 0 saturated carbocycles. The Labute approximate surface area is 93.8 Å². The zero-order chi connectivity index (χ0) is 10.7. The van der Waals surface area contributed by atoms with Crippen LogP contribution in [0.15, 0.2) is 17.0 Å². The normalized spacial score (nSPS) is 12.6. The van der Waals surface area contributed by atoms with Gasteiger partial charge in [-0.05, 0) is 30.9 Å². The maximum Gasteiger partial charge on any atom is 0.150 e. The van der Waals surface area contributed by atoms with E-state index in [9.17, 15) is 0 Å². The summed E-state index contributed by atoms with van der Waals surface area (Å²) in [6.45, 7) is 1.93. The SMILES string of the molecule is COc1c(Cl)cc(C(C)N)cc1SC. The standard InChI is InChI=1S/C10H14ClNOS/c1-6(12)7-4-8(11)10(13-2)9(5-7)14-3/h4-6H,12H2,1-3H3. The van der Waals surface area contributed by atoms with Crippen LogP contribution in [-0.2, 0) is 0 Å². The smallest absolute Gasteiger partial charge is 0.150 e. The third-order valence-electron chi connectivity index (χ3n) is 1.98. The van der Waals surface area contributed by atoms with E-state index >= 15 is 0 Å². The van der Waals surface area contributed by atoms with Crippen molar-refractivity contribution >= 4 is 23.4 Å². The molecule has 1 aromatic rings. The molecule has 0 heterocycles. The predicted molar refractivity (Wildman–Crippen MR) is 62.4 cm³/mol. The van der Waals surface area contributed by atoms with Crippen molar-refractivity contribution in [1.29, 1.82) is 0 Å². The molecule has 0 aliphatic rings. The van der Waals surface area contributed by atoms with E-state index in [4.69, 9.17) is 22.1 Å². The highest BCUT2D eigenvalue weighted by Gasteiger charge is 2.11. The number of thioether (sulfide) groups is 1. The first-order chi connectivity index (χ1) is 6.60. The number of rotatable bonds is 3. The molecule has 0 aliphatic carbocycles. The molecule has 0 saturated heterocycles. The lowest BCUT2D eigenvalue weighted by Gasteiger charge is -2.12. The van der Waals surface area contributed by atoms with E-state index in [0.29, 0.717) is 5.02 Å². The zero-order valence-corrected chi connectivity index (χ0v) is 10.1. The van der Waals surface area contributed by atoms with Crippen molar-refractivity contribution in [2.24, 2.45) is 5.73 Å². The molecule has 1 atom stereocenters. The number of benzene rings is 1. The quantitative estimate of drug-likeness (QED) is 0.812. The van der Waals surface area contributed by atoms with Gasteiger partial charge in [-0.3, -0.25) is 0 Å². The largest absolute Gasteiger partial charge is 0.494 e. The van der Waals surface area contributed by atoms with E-state index < -0.39 is 0 Å². The van der Waals surface area contributed by atoms with E-state index in [-0.39, 0.29) is 6.04 Å². The average molecular weight is 232 g/mol. The second kappa shape index (κ2) is 4.91. The van der Waals surface area contributed by atoms with Gasteiger partial charge in [0.15, 0.2) is 5.75 Å². The number of methoxy groups -OCH3 is 1. The van der Waals surface area contributed by atoms with Gasteiger partial charge < -0.3 is 10.5 Å². The van der Waals surface area contributed by atoms with Crippen LogP contribution in [0.2, 0.25) is 5.02 Å². The van der Waals surface area contributed by atoms with Crippen LogP contribution in [0.25, 0.3) is 0 Å². The van der Waals surface area contributed by atoms with Crippen molar-refractivity contribution in [3.8, 4) is 5.75 Å². The van der Waals surface area contributed by atoms with Crippen LogP contribution in [0.1, 0.15) is 18.5 Å². The molecule has 1 rings (SSSR count). The highest BCUT2D eigenvalue weighted by molar-refractivity contribution is 7.98. The molecule has 14 heavy (non-hydrogen) atoms. The van der Waals surface area contributed by atoms with E-state index in [1.54, 1.807) is 18.9 Å². The maximum absolute atomic E-state index is 6.06. The number of nitrogens with two attached hydrogens (primary N) is 1. The minimum absolute atomic E-state index is 0.00990. The van der Waals surface area contributed by atoms with Crippen LogP contribution in [0.3, 0.4) is 0 Å². The molecule has 0 bridgehead atoms. The van der Waals surface area contributed by atoms with Crippen molar-refractivity contribution < 1.29 is 4.74 Å². The lowest BCUT2D eigenvalue weighted by Crippen LogP contribution is -2.05. The van der Waals surface area contributed by atoms with Gasteiger partial charge in [-0.2, -0.15) is 0 Å². The molecular weight excluding hydrogens is 218 g/mol. The van der Waals surface area contributed by atoms with E-state index in [0.717, 1.165) is 16.2 Å². The van der Waals surface area contributed by atoms with Gasteiger partial charge in [-0.1, -0.05) is 11.6 Å². The summed E-state index contributed by atoms with van der Waals surface area (Å²) in [5.74, 6) is 0.726. The van der Waals surface area contributed by atoms with Crippen LogP contribution in [0, 0.1) is 0 Å². The Morgan fingerprint density at radius 1 is 1.50 bits per heavy atom. The van der Waals surface area contributed by atoms with Gasteiger partial charge in [-0.15, -0.1) is 11.8 Å². The topological polar surface area (TPSA) is 35.2 Å². The van der Waals surface area contributed by atoms with E-state index in [1.165, 1.54) is 0 Å². The van der Waals surface area contributed by atoms with Crippen LogP contribution < -0.4 is 10.5 Å². The van der Waals surface area contributed by atoms with E-state index in [1.807, 2.05) is 25.3 Å². The summed E-state index contributed by atoms with van der Waals surface area (Å²) in [6, 6.07) is 3.86. The predicted octanol–water partition coefficient (Wildman–Crippen LogP) is 3.09. The fourth-order valence-electron chi connectivity index (χ4n) is 1.20. The summed E-state index contributed by atoms with van der Waals surface area (Å²) in [4.78, 5) is 1.02. The average Bonchev–Trinajstić information content (AvgIpc) is 2.16. The van der Waals surface area contributed by atoms with Crippen molar-refractivity contribution in [3.63, 3.8) is 0 Å².